The average molecular weight is 558 g/mol. The number of nitrogens with zero attached hydrogens (tertiary/aromatic N) is 1. The summed E-state index contributed by atoms with van der Waals surface area (Å²) >= 11 is 0. The van der Waals surface area contributed by atoms with Crippen LogP contribution in [0.3, 0.4) is 0 Å². The molecule has 39 heavy (non-hydrogen) atoms. The van der Waals surface area contributed by atoms with Crippen LogP contribution in [-0.2, 0) is 28.8 Å². The molecule has 1 aliphatic rings. The number of carbonyl (C=O) groups excluding carboxylic acids is 4. The normalized spacial score (nSPS) is 19.1. The lowest BCUT2D eigenvalue weighted by molar-refractivity contribution is -0.143. The molecule has 0 bridgehead atoms. The summed E-state index contributed by atoms with van der Waals surface area (Å²) in [5.74, 6) is -5.69. The van der Waals surface area contributed by atoms with Gasteiger partial charge in [-0.2, -0.15) is 0 Å². The lowest BCUT2D eigenvalue weighted by Gasteiger charge is -2.30. The predicted octanol–water partition coefficient (Wildman–Crippen LogP) is -1.21. The van der Waals surface area contributed by atoms with Crippen LogP contribution in [0.2, 0.25) is 0 Å². The highest BCUT2D eigenvalue weighted by atomic mass is 16.4. The van der Waals surface area contributed by atoms with Crippen LogP contribution in [0.25, 0.3) is 0 Å². The molecule has 1 rings (SSSR count). The number of aliphatic hydroxyl groups is 1. The molecule has 0 aromatic heterocycles. The van der Waals surface area contributed by atoms with E-state index in [1.807, 2.05) is 0 Å². The predicted molar refractivity (Wildman–Crippen MR) is 139 cm³/mol. The van der Waals surface area contributed by atoms with E-state index in [0.717, 1.165) is 0 Å². The van der Waals surface area contributed by atoms with E-state index in [9.17, 15) is 39.0 Å². The van der Waals surface area contributed by atoms with Crippen LogP contribution in [0.1, 0.15) is 66.7 Å². The zero-order valence-corrected chi connectivity index (χ0v) is 23.2. The summed E-state index contributed by atoms with van der Waals surface area (Å²) in [5, 5.41) is 35.7. The summed E-state index contributed by atoms with van der Waals surface area (Å²) in [4.78, 5) is 75.6. The molecule has 4 amide bonds. The van der Waals surface area contributed by atoms with E-state index in [1.165, 1.54) is 11.8 Å². The molecule has 0 spiro atoms. The van der Waals surface area contributed by atoms with Crippen LogP contribution in [0.4, 0.5) is 0 Å². The van der Waals surface area contributed by atoms with Crippen molar-refractivity contribution in [2.45, 2.75) is 103 Å². The molecule has 14 heteroatoms. The SMILES string of the molecule is CC(C)C[C@H](NC(=O)[C@@H](NC(=O)[C@@H]1CCCN1C(=O)[C@@H](N)C(C)C)[C@@H](C)O)C(=O)N[C@@H](CCC(=O)O)C(=O)O. The second-order valence-corrected chi connectivity index (χ2v) is 10.7. The smallest absolute Gasteiger partial charge is 0.326 e. The molecule has 0 aliphatic carbocycles. The zero-order valence-electron chi connectivity index (χ0n) is 23.2. The molecule has 0 aromatic rings. The number of nitrogens with two attached hydrogens (primary N) is 1. The first-order valence-electron chi connectivity index (χ1n) is 13.2. The number of rotatable bonds is 15. The Kier molecular flexibility index (Phi) is 13.3. The summed E-state index contributed by atoms with van der Waals surface area (Å²) in [5.41, 5.74) is 5.98. The molecule has 8 N–H and O–H groups in total. The zero-order chi connectivity index (χ0) is 30.0. The van der Waals surface area contributed by atoms with Gasteiger partial charge in [0.15, 0.2) is 0 Å². The molecule has 0 saturated carbocycles. The summed E-state index contributed by atoms with van der Waals surface area (Å²) in [6.45, 7) is 8.72. The first-order chi connectivity index (χ1) is 18.1. The summed E-state index contributed by atoms with van der Waals surface area (Å²) in [6, 6.07) is -5.86. The third-order valence-corrected chi connectivity index (χ3v) is 6.51. The minimum atomic E-state index is -1.49. The van der Waals surface area contributed by atoms with Gasteiger partial charge >= 0.3 is 11.9 Å². The Morgan fingerprint density at radius 1 is 0.923 bits per heavy atom. The minimum Gasteiger partial charge on any atom is -0.481 e. The lowest BCUT2D eigenvalue weighted by atomic mass is 10.0. The number of carboxylic acids is 2. The largest absolute Gasteiger partial charge is 0.481 e. The van der Waals surface area contributed by atoms with Gasteiger partial charge in [-0.1, -0.05) is 27.7 Å². The lowest BCUT2D eigenvalue weighted by Crippen LogP contribution is -2.60. The number of amides is 4. The number of carbonyl (C=O) groups is 6. The number of likely N-dealkylation sites (tertiary alicyclic amines) is 1. The Morgan fingerprint density at radius 2 is 1.51 bits per heavy atom. The van der Waals surface area contributed by atoms with Gasteiger partial charge in [-0.3, -0.25) is 24.0 Å². The average Bonchev–Trinajstić information content (AvgIpc) is 3.32. The van der Waals surface area contributed by atoms with E-state index in [4.69, 9.17) is 10.8 Å². The van der Waals surface area contributed by atoms with E-state index < -0.39 is 72.4 Å². The summed E-state index contributed by atoms with van der Waals surface area (Å²) in [7, 11) is 0. The van der Waals surface area contributed by atoms with Crippen molar-refractivity contribution in [3.05, 3.63) is 0 Å². The maximum Gasteiger partial charge on any atom is 0.326 e. The Balaban J connectivity index is 3.01. The van der Waals surface area contributed by atoms with Gasteiger partial charge in [-0.05, 0) is 44.4 Å². The topological polar surface area (TPSA) is 228 Å². The first-order valence-corrected chi connectivity index (χ1v) is 13.2. The van der Waals surface area contributed by atoms with Crippen LogP contribution < -0.4 is 21.7 Å². The highest BCUT2D eigenvalue weighted by molar-refractivity contribution is 5.96. The molecule has 1 heterocycles. The quantitative estimate of drug-likeness (QED) is 0.127. The molecular formula is C25H43N5O9. The number of hydrogen-bond donors (Lipinski definition) is 7. The second-order valence-electron chi connectivity index (χ2n) is 10.7. The Hall–Kier alpha value is -3.26. The van der Waals surface area contributed by atoms with Crippen molar-refractivity contribution in [3.8, 4) is 0 Å². The fourth-order valence-electron chi connectivity index (χ4n) is 4.20. The van der Waals surface area contributed by atoms with Gasteiger partial charge in [0.1, 0.15) is 24.2 Å². The molecule has 6 atom stereocenters. The first kappa shape index (κ1) is 33.8. The van der Waals surface area contributed by atoms with Crippen molar-refractivity contribution in [1.82, 2.24) is 20.9 Å². The van der Waals surface area contributed by atoms with Crippen molar-refractivity contribution in [2.75, 3.05) is 6.54 Å². The van der Waals surface area contributed by atoms with E-state index in [0.29, 0.717) is 19.4 Å². The highest BCUT2D eigenvalue weighted by Gasteiger charge is 2.39. The van der Waals surface area contributed by atoms with Crippen molar-refractivity contribution < 1.29 is 44.1 Å². The molecule has 1 fully saturated rings. The maximum atomic E-state index is 13.1. The van der Waals surface area contributed by atoms with E-state index in [-0.39, 0.29) is 30.6 Å². The van der Waals surface area contributed by atoms with Gasteiger partial charge in [0, 0.05) is 13.0 Å². The van der Waals surface area contributed by atoms with Gasteiger partial charge in [-0.15, -0.1) is 0 Å². The fourth-order valence-corrected chi connectivity index (χ4v) is 4.20. The number of aliphatic carboxylic acids is 2. The Labute approximate surface area is 228 Å². The van der Waals surface area contributed by atoms with Crippen LogP contribution >= 0.6 is 0 Å². The van der Waals surface area contributed by atoms with Crippen LogP contribution in [-0.4, -0.2) is 98.6 Å². The van der Waals surface area contributed by atoms with Gasteiger partial charge in [-0.25, -0.2) is 4.79 Å². The molecule has 0 aromatic carbocycles. The Bertz CT molecular complexity index is 908. The number of nitrogens with one attached hydrogen (secondary N) is 3. The standard InChI is InChI=1S/C25H43N5O9/c1-12(2)11-16(21(34)27-15(25(38)39)8-9-18(32)33)28-23(36)20(14(5)31)29-22(35)17-7-6-10-30(17)24(37)19(26)13(3)4/h12-17,19-20,31H,6-11,26H2,1-5H3,(H,27,34)(H,28,36)(H,29,35)(H,32,33)(H,38,39)/t14-,15+,16+,17+,19+,20+/m1/s1. The third kappa shape index (κ3) is 10.4. The van der Waals surface area contributed by atoms with E-state index in [1.54, 1.807) is 27.7 Å². The van der Waals surface area contributed by atoms with Crippen LogP contribution in [0, 0.1) is 11.8 Å². The highest BCUT2D eigenvalue weighted by Crippen LogP contribution is 2.20. The number of hydrogen-bond acceptors (Lipinski definition) is 8. The molecule has 1 saturated heterocycles. The molecule has 1 aliphatic heterocycles. The van der Waals surface area contributed by atoms with Crippen molar-refractivity contribution >= 4 is 35.6 Å². The van der Waals surface area contributed by atoms with Crippen molar-refractivity contribution in [3.63, 3.8) is 0 Å². The van der Waals surface area contributed by atoms with Crippen molar-refractivity contribution in [1.29, 1.82) is 0 Å². The summed E-state index contributed by atoms with van der Waals surface area (Å²) in [6.07, 6.45) is -1.21. The van der Waals surface area contributed by atoms with Crippen LogP contribution in [0.15, 0.2) is 0 Å². The number of aliphatic hydroxyl groups excluding tert-OH is 1. The van der Waals surface area contributed by atoms with Gasteiger partial charge in [0.25, 0.3) is 0 Å². The van der Waals surface area contributed by atoms with Gasteiger partial charge < -0.3 is 41.9 Å². The van der Waals surface area contributed by atoms with Crippen LogP contribution in [0.5, 0.6) is 0 Å². The monoisotopic (exact) mass is 557 g/mol. The van der Waals surface area contributed by atoms with Gasteiger partial charge in [0.2, 0.25) is 23.6 Å². The molecule has 0 unspecified atom stereocenters. The van der Waals surface area contributed by atoms with E-state index >= 15 is 0 Å². The third-order valence-electron chi connectivity index (χ3n) is 6.51. The minimum absolute atomic E-state index is 0.0985. The number of carboxylic acid groups (broad SMARTS) is 2. The Morgan fingerprint density at radius 3 is 2.00 bits per heavy atom. The maximum absolute atomic E-state index is 13.1. The van der Waals surface area contributed by atoms with Crippen molar-refractivity contribution in [2.24, 2.45) is 17.6 Å². The molecule has 0 radical (unpaired) electrons. The molecule has 14 nitrogen and oxygen atoms in total. The molecular weight excluding hydrogens is 514 g/mol. The molecule has 222 valence electrons. The second kappa shape index (κ2) is 15.4. The van der Waals surface area contributed by atoms with Gasteiger partial charge in [0.05, 0.1) is 12.1 Å². The fraction of sp³-hybridized carbons (Fsp3) is 0.760. The summed E-state index contributed by atoms with van der Waals surface area (Å²) < 4.78 is 0. The van der Waals surface area contributed by atoms with E-state index in [2.05, 4.69) is 16.0 Å².